The number of benzene rings is 3. The highest BCUT2D eigenvalue weighted by atomic mass is 35.5. The summed E-state index contributed by atoms with van der Waals surface area (Å²) in [5.41, 5.74) is 1.21. The first-order valence-corrected chi connectivity index (χ1v) is 12.0. The molecular formula is C26H19ClF3NO3S. The predicted octanol–water partition coefficient (Wildman–Crippen LogP) is 7.28. The van der Waals surface area contributed by atoms with Crippen molar-refractivity contribution in [2.75, 3.05) is 13.1 Å². The number of carbonyl (C=O) groups is 1. The van der Waals surface area contributed by atoms with Crippen LogP contribution in [0.25, 0.3) is 10.1 Å². The zero-order valence-corrected chi connectivity index (χ0v) is 19.8. The van der Waals surface area contributed by atoms with Gasteiger partial charge in [-0.1, -0.05) is 35.9 Å². The number of hydrogen-bond acceptors (Lipinski definition) is 5. The van der Waals surface area contributed by atoms with Crippen molar-refractivity contribution < 1.29 is 27.8 Å². The number of halogens is 4. The molecule has 5 rings (SSSR count). The molecule has 0 aliphatic carbocycles. The van der Waals surface area contributed by atoms with E-state index in [-0.39, 0.29) is 24.6 Å². The summed E-state index contributed by atoms with van der Waals surface area (Å²) >= 11 is 7.45. The Kier molecular flexibility index (Phi) is 6.21. The predicted molar refractivity (Wildman–Crippen MR) is 130 cm³/mol. The molecule has 1 N–H and O–H groups in total. The van der Waals surface area contributed by atoms with Crippen LogP contribution < -0.4 is 4.74 Å². The minimum absolute atomic E-state index is 0.00298. The zero-order valence-electron chi connectivity index (χ0n) is 18.2. The van der Waals surface area contributed by atoms with Gasteiger partial charge in [-0.2, -0.15) is 13.2 Å². The first kappa shape index (κ1) is 23.7. The van der Waals surface area contributed by atoms with Gasteiger partial charge in [0.2, 0.25) is 5.78 Å². The molecule has 4 aromatic rings. The van der Waals surface area contributed by atoms with Crippen LogP contribution in [0.5, 0.6) is 17.2 Å². The van der Waals surface area contributed by atoms with Gasteiger partial charge < -0.3 is 9.84 Å². The van der Waals surface area contributed by atoms with Gasteiger partial charge in [-0.05, 0) is 48.0 Å². The van der Waals surface area contributed by atoms with Crippen LogP contribution in [-0.4, -0.2) is 35.1 Å². The van der Waals surface area contributed by atoms with Crippen molar-refractivity contribution in [3.8, 4) is 17.2 Å². The number of phenolic OH excluding ortho intramolecular Hbond substituents is 1. The number of fused-ring (bicyclic) bond motifs is 1. The van der Waals surface area contributed by atoms with Crippen LogP contribution >= 0.6 is 22.9 Å². The van der Waals surface area contributed by atoms with E-state index >= 15 is 0 Å². The maximum Gasteiger partial charge on any atom is 0.394 e. The lowest BCUT2D eigenvalue weighted by Crippen LogP contribution is -2.52. The van der Waals surface area contributed by atoms with Gasteiger partial charge in [-0.25, -0.2) is 0 Å². The Morgan fingerprint density at radius 2 is 1.80 bits per heavy atom. The minimum atomic E-state index is -4.15. The van der Waals surface area contributed by atoms with Crippen LogP contribution in [-0.2, 0) is 6.54 Å². The molecule has 0 unspecified atom stereocenters. The Morgan fingerprint density at radius 1 is 1.09 bits per heavy atom. The van der Waals surface area contributed by atoms with Crippen LogP contribution in [0.2, 0.25) is 5.02 Å². The molecule has 2 heterocycles. The molecule has 1 saturated heterocycles. The molecule has 180 valence electrons. The molecule has 35 heavy (non-hydrogen) atoms. The summed E-state index contributed by atoms with van der Waals surface area (Å²) in [7, 11) is 0. The highest BCUT2D eigenvalue weighted by Gasteiger charge is 2.46. The van der Waals surface area contributed by atoms with E-state index in [4.69, 9.17) is 16.3 Å². The third-order valence-electron chi connectivity index (χ3n) is 5.92. The Morgan fingerprint density at radius 3 is 2.49 bits per heavy atom. The maximum atomic E-state index is 13.3. The third kappa shape index (κ3) is 4.87. The zero-order chi connectivity index (χ0) is 24.7. The van der Waals surface area contributed by atoms with E-state index in [1.807, 2.05) is 0 Å². The summed E-state index contributed by atoms with van der Waals surface area (Å²) < 4.78 is 45.0. The molecule has 0 amide bonds. The molecule has 0 atom stereocenters. The summed E-state index contributed by atoms with van der Waals surface area (Å²) in [6, 6.07) is 18.6. The molecule has 4 nitrogen and oxygen atoms in total. The molecule has 9 heteroatoms. The standard InChI is InChI=1S/C26H19ClF3NO3S/c27-21-4-2-1-3-19(21)23(33)25-24(20-10-7-17(32)11-22(20)35-25)34-18-8-5-15(6-9-18)12-31-13-16(14-31)26(28,29)30/h1-11,16,32H,12-14H2. The van der Waals surface area contributed by atoms with Gasteiger partial charge in [-0.3, -0.25) is 9.69 Å². The number of carbonyl (C=O) groups excluding carboxylic acids is 1. The SMILES string of the molecule is O=C(c1ccccc1Cl)c1sc2cc(O)ccc2c1Oc1ccc(CN2CC(C(F)(F)F)C2)cc1. The largest absolute Gasteiger partial charge is 0.508 e. The molecular weight excluding hydrogens is 499 g/mol. The number of nitrogens with zero attached hydrogens (tertiary/aromatic N) is 1. The molecule has 0 spiro atoms. The second-order valence-electron chi connectivity index (χ2n) is 8.43. The van der Waals surface area contributed by atoms with Crippen molar-refractivity contribution in [2.24, 2.45) is 5.92 Å². The first-order chi connectivity index (χ1) is 16.7. The smallest absolute Gasteiger partial charge is 0.394 e. The number of alkyl halides is 3. The number of hydrogen-bond donors (Lipinski definition) is 1. The van der Waals surface area contributed by atoms with Gasteiger partial charge in [0.1, 0.15) is 16.4 Å². The Hall–Kier alpha value is -3.07. The lowest BCUT2D eigenvalue weighted by molar-refractivity contribution is -0.210. The van der Waals surface area contributed by atoms with Gasteiger partial charge in [0.05, 0.1) is 10.9 Å². The normalized spacial score (nSPS) is 14.7. The van der Waals surface area contributed by atoms with Crippen LogP contribution in [0, 0.1) is 5.92 Å². The average molecular weight is 518 g/mol. The van der Waals surface area contributed by atoms with E-state index < -0.39 is 12.1 Å². The Balaban J connectivity index is 1.39. The Bertz CT molecular complexity index is 1400. The number of rotatable bonds is 6. The maximum absolute atomic E-state index is 13.3. The average Bonchev–Trinajstić information content (AvgIpc) is 3.13. The van der Waals surface area contributed by atoms with Crippen molar-refractivity contribution in [1.29, 1.82) is 0 Å². The fourth-order valence-electron chi connectivity index (χ4n) is 4.03. The van der Waals surface area contributed by atoms with Crippen molar-refractivity contribution in [3.63, 3.8) is 0 Å². The number of phenols is 1. The summed E-state index contributed by atoms with van der Waals surface area (Å²) in [5.74, 6) is -0.638. The highest BCUT2D eigenvalue weighted by molar-refractivity contribution is 7.21. The summed E-state index contributed by atoms with van der Waals surface area (Å²) in [6.45, 7) is 0.426. The minimum Gasteiger partial charge on any atom is -0.508 e. The van der Waals surface area contributed by atoms with E-state index in [9.17, 15) is 23.1 Å². The van der Waals surface area contributed by atoms with Crippen molar-refractivity contribution in [2.45, 2.75) is 12.7 Å². The van der Waals surface area contributed by atoms with Gasteiger partial charge in [0.15, 0.2) is 5.75 Å². The van der Waals surface area contributed by atoms with Crippen LogP contribution in [0.4, 0.5) is 13.2 Å². The Labute approximate surface area is 208 Å². The lowest BCUT2D eigenvalue weighted by atomic mass is 9.99. The van der Waals surface area contributed by atoms with Crippen LogP contribution in [0.1, 0.15) is 20.8 Å². The molecule has 3 aromatic carbocycles. The van der Waals surface area contributed by atoms with Crippen molar-refractivity contribution in [3.05, 3.63) is 87.8 Å². The van der Waals surface area contributed by atoms with Gasteiger partial charge in [-0.15, -0.1) is 11.3 Å². The van der Waals surface area contributed by atoms with Gasteiger partial charge >= 0.3 is 6.18 Å². The second kappa shape index (κ2) is 9.18. The molecule has 1 aliphatic rings. The van der Waals surface area contributed by atoms with E-state index in [0.717, 1.165) is 5.56 Å². The molecule has 0 bridgehead atoms. The molecule has 1 aromatic heterocycles. The fourth-order valence-corrected chi connectivity index (χ4v) is 5.36. The van der Waals surface area contributed by atoms with E-state index in [2.05, 4.69) is 0 Å². The van der Waals surface area contributed by atoms with Gasteiger partial charge in [0, 0.05) is 35.3 Å². The van der Waals surface area contributed by atoms with Crippen LogP contribution in [0.15, 0.2) is 66.7 Å². The summed E-state index contributed by atoms with van der Waals surface area (Å²) in [6.07, 6.45) is -4.15. The number of ketones is 1. The quantitative estimate of drug-likeness (QED) is 0.273. The van der Waals surface area contributed by atoms with Crippen molar-refractivity contribution >= 4 is 38.8 Å². The molecule has 1 fully saturated rings. The van der Waals surface area contributed by atoms with Gasteiger partial charge in [0.25, 0.3) is 0 Å². The summed E-state index contributed by atoms with van der Waals surface area (Å²) in [5, 5.41) is 10.9. The third-order valence-corrected chi connectivity index (χ3v) is 7.38. The van der Waals surface area contributed by atoms with E-state index in [1.54, 1.807) is 65.6 Å². The number of ether oxygens (including phenoxy) is 1. The molecule has 0 saturated carbocycles. The number of aromatic hydroxyl groups is 1. The fraction of sp³-hybridized carbons (Fsp3) is 0.192. The highest BCUT2D eigenvalue weighted by Crippen LogP contribution is 2.43. The molecule has 0 radical (unpaired) electrons. The van der Waals surface area contributed by atoms with Crippen molar-refractivity contribution in [1.82, 2.24) is 4.90 Å². The van der Waals surface area contributed by atoms with E-state index in [1.165, 1.54) is 17.4 Å². The number of thiophene rings is 1. The first-order valence-electron chi connectivity index (χ1n) is 10.8. The number of likely N-dealkylation sites (tertiary alicyclic amines) is 1. The van der Waals surface area contributed by atoms with Crippen LogP contribution in [0.3, 0.4) is 0 Å². The topological polar surface area (TPSA) is 49.8 Å². The monoisotopic (exact) mass is 517 g/mol. The second-order valence-corrected chi connectivity index (χ2v) is 9.89. The van der Waals surface area contributed by atoms with E-state index in [0.29, 0.717) is 43.6 Å². The molecule has 1 aliphatic heterocycles. The lowest BCUT2D eigenvalue weighted by Gasteiger charge is -2.40. The summed E-state index contributed by atoms with van der Waals surface area (Å²) in [4.78, 5) is 15.4.